The second-order valence-electron chi connectivity index (χ2n) is 7.14. The Bertz CT molecular complexity index is 502. The number of rotatable bonds is 4. The fraction of sp³-hybridized carbons (Fsp3) is 0.800. The minimum absolute atomic E-state index is 0.116. The van der Waals surface area contributed by atoms with Gasteiger partial charge in [0.15, 0.2) is 5.82 Å². The van der Waals surface area contributed by atoms with Gasteiger partial charge >= 0.3 is 5.97 Å². The average Bonchev–Trinajstić information content (AvgIpc) is 2.84. The summed E-state index contributed by atoms with van der Waals surface area (Å²) in [7, 11) is 0. The van der Waals surface area contributed by atoms with Crippen molar-refractivity contribution < 1.29 is 9.90 Å². The first-order valence-electron chi connectivity index (χ1n) is 7.76. The largest absolute Gasteiger partial charge is 0.481 e. The van der Waals surface area contributed by atoms with Gasteiger partial charge < -0.3 is 5.11 Å². The van der Waals surface area contributed by atoms with Gasteiger partial charge in [0.25, 0.3) is 0 Å². The third-order valence-corrected chi connectivity index (χ3v) is 5.59. The van der Waals surface area contributed by atoms with E-state index in [0.29, 0.717) is 12.2 Å². The lowest BCUT2D eigenvalue weighted by Gasteiger charge is -2.56. The molecule has 1 aromatic heterocycles. The number of nitrogens with zero attached hydrogens (tertiary/aromatic N) is 3. The molecular weight excluding hydrogens is 254 g/mol. The molecule has 1 heterocycles. The van der Waals surface area contributed by atoms with Crippen molar-refractivity contribution in [2.24, 2.45) is 17.8 Å². The van der Waals surface area contributed by atoms with Crippen LogP contribution < -0.4 is 0 Å². The maximum Gasteiger partial charge on any atom is 0.303 e. The first kappa shape index (κ1) is 12.4. The summed E-state index contributed by atoms with van der Waals surface area (Å²) in [6.07, 6.45) is 10.4. The SMILES string of the molecule is O=C(O)CCc1ncn(C23CC4CC(CC(C4)C2)C3)n1. The maximum atomic E-state index is 10.6. The first-order valence-corrected chi connectivity index (χ1v) is 7.76. The zero-order chi connectivity index (χ0) is 13.7. The van der Waals surface area contributed by atoms with E-state index in [9.17, 15) is 4.79 Å². The van der Waals surface area contributed by atoms with E-state index in [1.165, 1.54) is 38.5 Å². The summed E-state index contributed by atoms with van der Waals surface area (Å²) in [6.45, 7) is 0. The van der Waals surface area contributed by atoms with Crippen molar-refractivity contribution in [1.82, 2.24) is 14.8 Å². The van der Waals surface area contributed by atoms with Crippen LogP contribution in [-0.4, -0.2) is 25.8 Å². The molecule has 20 heavy (non-hydrogen) atoms. The third-order valence-electron chi connectivity index (χ3n) is 5.59. The molecule has 0 aromatic carbocycles. The van der Waals surface area contributed by atoms with Crippen LogP contribution in [0.1, 0.15) is 50.8 Å². The lowest BCUT2D eigenvalue weighted by molar-refractivity contribution is -0.137. The fourth-order valence-corrected chi connectivity index (χ4v) is 5.20. The van der Waals surface area contributed by atoms with Gasteiger partial charge in [-0.15, -0.1) is 0 Å². The fourth-order valence-electron chi connectivity index (χ4n) is 5.20. The van der Waals surface area contributed by atoms with Crippen LogP contribution in [0.25, 0.3) is 0 Å². The van der Waals surface area contributed by atoms with E-state index >= 15 is 0 Å². The van der Waals surface area contributed by atoms with Crippen LogP contribution in [0.2, 0.25) is 0 Å². The van der Waals surface area contributed by atoms with Crippen molar-refractivity contribution in [1.29, 1.82) is 0 Å². The zero-order valence-electron chi connectivity index (χ0n) is 11.7. The summed E-state index contributed by atoms with van der Waals surface area (Å²) in [5, 5.41) is 13.4. The summed E-state index contributed by atoms with van der Waals surface area (Å²) in [4.78, 5) is 15.0. The van der Waals surface area contributed by atoms with E-state index in [2.05, 4.69) is 14.8 Å². The van der Waals surface area contributed by atoms with Gasteiger partial charge in [-0.2, -0.15) is 5.10 Å². The third kappa shape index (κ3) is 1.95. The number of carbonyl (C=O) groups is 1. The van der Waals surface area contributed by atoms with Crippen LogP contribution >= 0.6 is 0 Å². The summed E-state index contributed by atoms with van der Waals surface area (Å²) in [5.41, 5.74) is 0.198. The Hall–Kier alpha value is -1.39. The van der Waals surface area contributed by atoms with Crippen LogP contribution in [0, 0.1) is 17.8 Å². The number of hydrogen-bond acceptors (Lipinski definition) is 3. The predicted octanol–water partition coefficient (Wildman–Crippen LogP) is 2.22. The molecule has 5 rings (SSSR count). The lowest BCUT2D eigenvalue weighted by Crippen LogP contribution is -2.52. The number of aryl methyl sites for hydroxylation is 1. The molecule has 0 atom stereocenters. The molecule has 1 N–H and O–H groups in total. The minimum atomic E-state index is -0.781. The average molecular weight is 275 g/mol. The van der Waals surface area contributed by atoms with Crippen molar-refractivity contribution in [3.05, 3.63) is 12.2 Å². The number of carboxylic acids is 1. The maximum absolute atomic E-state index is 10.6. The summed E-state index contributed by atoms with van der Waals surface area (Å²) >= 11 is 0. The standard InChI is InChI=1S/C15H21N3O2/c19-14(20)2-1-13-16-9-18(17-13)15-6-10-3-11(7-15)5-12(4-10)8-15/h9-12H,1-8H2,(H,19,20). The highest BCUT2D eigenvalue weighted by atomic mass is 16.4. The van der Waals surface area contributed by atoms with E-state index < -0.39 is 5.97 Å². The molecule has 0 unspecified atom stereocenters. The normalized spacial score (nSPS) is 38.3. The van der Waals surface area contributed by atoms with E-state index in [1.54, 1.807) is 0 Å². The van der Waals surface area contributed by atoms with Crippen molar-refractivity contribution in [3.63, 3.8) is 0 Å². The van der Waals surface area contributed by atoms with Gasteiger partial charge in [-0.25, -0.2) is 9.67 Å². The Morgan fingerprint density at radius 1 is 1.25 bits per heavy atom. The Balaban J connectivity index is 1.56. The zero-order valence-corrected chi connectivity index (χ0v) is 11.7. The minimum Gasteiger partial charge on any atom is -0.481 e. The molecule has 4 aliphatic rings. The highest BCUT2D eigenvalue weighted by molar-refractivity contribution is 5.66. The van der Waals surface area contributed by atoms with Crippen LogP contribution in [0.15, 0.2) is 6.33 Å². The van der Waals surface area contributed by atoms with Crippen LogP contribution in [0.3, 0.4) is 0 Å². The molecule has 0 spiro atoms. The molecule has 0 aliphatic heterocycles. The van der Waals surface area contributed by atoms with Crippen LogP contribution in [0.5, 0.6) is 0 Å². The van der Waals surface area contributed by atoms with Gasteiger partial charge in [-0.3, -0.25) is 4.79 Å². The molecule has 108 valence electrons. The lowest BCUT2D eigenvalue weighted by atomic mass is 9.53. The molecule has 4 bridgehead atoms. The van der Waals surface area contributed by atoms with Gasteiger partial charge in [0.05, 0.1) is 12.0 Å². The van der Waals surface area contributed by atoms with E-state index in [1.807, 2.05) is 6.33 Å². The summed E-state index contributed by atoms with van der Waals surface area (Å²) in [5.74, 6) is 2.55. The Kier molecular flexibility index (Phi) is 2.66. The van der Waals surface area contributed by atoms with Crippen LogP contribution in [0.4, 0.5) is 0 Å². The van der Waals surface area contributed by atoms with Crippen molar-refractivity contribution in [2.45, 2.75) is 56.9 Å². The first-order chi connectivity index (χ1) is 9.63. The smallest absolute Gasteiger partial charge is 0.303 e. The number of carboxylic acid groups (broad SMARTS) is 1. The monoisotopic (exact) mass is 275 g/mol. The van der Waals surface area contributed by atoms with Crippen molar-refractivity contribution >= 4 is 5.97 Å². The van der Waals surface area contributed by atoms with Gasteiger partial charge in [0.2, 0.25) is 0 Å². The van der Waals surface area contributed by atoms with E-state index in [0.717, 1.165) is 17.8 Å². The summed E-state index contributed by atoms with van der Waals surface area (Å²) in [6, 6.07) is 0. The Morgan fingerprint density at radius 3 is 2.40 bits per heavy atom. The van der Waals surface area contributed by atoms with Gasteiger partial charge in [0.1, 0.15) is 6.33 Å². The molecule has 4 aliphatic carbocycles. The molecule has 0 amide bonds. The highest BCUT2D eigenvalue weighted by Crippen LogP contribution is 2.58. The predicted molar refractivity (Wildman–Crippen MR) is 72.1 cm³/mol. The topological polar surface area (TPSA) is 68.0 Å². The molecule has 0 saturated heterocycles. The molecule has 1 aromatic rings. The van der Waals surface area contributed by atoms with Gasteiger partial charge in [-0.05, 0) is 56.3 Å². The van der Waals surface area contributed by atoms with Crippen LogP contribution in [-0.2, 0) is 16.8 Å². The molecular formula is C15H21N3O2. The van der Waals surface area contributed by atoms with Gasteiger partial charge in [-0.1, -0.05) is 0 Å². The number of hydrogen-bond donors (Lipinski definition) is 1. The van der Waals surface area contributed by atoms with Gasteiger partial charge in [0, 0.05) is 6.42 Å². The second kappa shape index (κ2) is 4.30. The summed E-state index contributed by atoms with van der Waals surface area (Å²) < 4.78 is 2.09. The Morgan fingerprint density at radius 2 is 1.85 bits per heavy atom. The molecule has 4 saturated carbocycles. The molecule has 5 heteroatoms. The van der Waals surface area contributed by atoms with E-state index in [-0.39, 0.29) is 12.0 Å². The quantitative estimate of drug-likeness (QED) is 0.915. The Labute approximate surface area is 118 Å². The van der Waals surface area contributed by atoms with Crippen molar-refractivity contribution in [2.75, 3.05) is 0 Å². The van der Waals surface area contributed by atoms with E-state index in [4.69, 9.17) is 5.11 Å². The molecule has 0 radical (unpaired) electrons. The highest BCUT2D eigenvalue weighted by Gasteiger charge is 2.52. The van der Waals surface area contributed by atoms with Crippen molar-refractivity contribution in [3.8, 4) is 0 Å². The number of aliphatic carboxylic acids is 1. The number of aromatic nitrogens is 3. The molecule has 5 nitrogen and oxygen atoms in total. The molecule has 4 fully saturated rings. The second-order valence-corrected chi connectivity index (χ2v) is 7.14.